The molecule has 0 aromatic rings. The van der Waals surface area contributed by atoms with Crippen LogP contribution in [0, 0.1) is 0 Å². The van der Waals surface area contributed by atoms with Gasteiger partial charge in [0.2, 0.25) is 0 Å². The highest BCUT2D eigenvalue weighted by atomic mass is 16.6. The number of carbonyl (C=O) groups is 3. The van der Waals surface area contributed by atoms with Gasteiger partial charge in [-0.3, -0.25) is 14.4 Å². The third kappa shape index (κ3) is 62.7. The van der Waals surface area contributed by atoms with Crippen LogP contribution in [0.4, 0.5) is 0 Å². The molecule has 448 valence electrons. The predicted octanol–water partition coefficient (Wildman–Crippen LogP) is 23.4. The lowest BCUT2D eigenvalue weighted by Gasteiger charge is -2.18. The van der Waals surface area contributed by atoms with E-state index >= 15 is 0 Å². The van der Waals surface area contributed by atoms with E-state index in [-0.39, 0.29) is 31.1 Å². The molecule has 0 aliphatic heterocycles. The summed E-state index contributed by atoms with van der Waals surface area (Å²) >= 11 is 0. The fourth-order valence-electron chi connectivity index (χ4n) is 10.5. The number of ether oxygens (including phenoxy) is 3. The highest BCUT2D eigenvalue weighted by Crippen LogP contribution is 2.19. The molecule has 0 amide bonds. The number of hydrogen-bond donors (Lipinski definition) is 0. The van der Waals surface area contributed by atoms with Crippen LogP contribution in [0.15, 0.2) is 24.3 Å². The topological polar surface area (TPSA) is 78.9 Å². The zero-order valence-electron chi connectivity index (χ0n) is 51.6. The van der Waals surface area contributed by atoms with Crippen LogP contribution in [-0.2, 0) is 28.6 Å². The number of rotatable bonds is 64. The molecule has 0 aliphatic carbocycles. The van der Waals surface area contributed by atoms with Crippen molar-refractivity contribution >= 4 is 17.9 Å². The van der Waals surface area contributed by atoms with Gasteiger partial charge in [-0.1, -0.05) is 340 Å². The standard InChI is InChI=1S/C70H132O6/c1-4-7-10-13-16-19-22-24-26-28-29-30-31-32-33-34-35-36-37-38-39-40-41-43-44-46-48-51-54-57-60-63-69(72)75-66-67(65-74-68(71)62-59-56-53-50-21-18-15-12-9-6-3)76-70(73)64-61-58-55-52-49-47-45-42-27-25-23-20-17-14-11-8-5-2/h17,20,25,27,67H,4-16,18-19,21-24,26,28-66H2,1-3H3/b20-17-,27-25-. The average Bonchev–Trinajstić information content (AvgIpc) is 3.42. The molecule has 0 rings (SSSR count). The van der Waals surface area contributed by atoms with E-state index in [1.807, 2.05) is 0 Å². The molecule has 0 bridgehead atoms. The molecule has 1 unspecified atom stereocenters. The number of allylic oxidation sites excluding steroid dienone is 4. The molecule has 0 aliphatic rings. The molecule has 0 aromatic heterocycles. The number of carbonyl (C=O) groups excluding carboxylic acids is 3. The van der Waals surface area contributed by atoms with Gasteiger partial charge in [0.1, 0.15) is 13.2 Å². The van der Waals surface area contributed by atoms with Gasteiger partial charge in [-0.25, -0.2) is 0 Å². The van der Waals surface area contributed by atoms with E-state index in [9.17, 15) is 14.4 Å². The molecule has 76 heavy (non-hydrogen) atoms. The Bertz CT molecular complexity index is 1230. The lowest BCUT2D eigenvalue weighted by molar-refractivity contribution is -0.167. The molecular weight excluding hydrogens is 937 g/mol. The summed E-state index contributed by atoms with van der Waals surface area (Å²) in [7, 11) is 0. The third-order valence-corrected chi connectivity index (χ3v) is 15.7. The average molecular weight is 1070 g/mol. The fraction of sp³-hybridized carbons (Fsp3) is 0.900. The van der Waals surface area contributed by atoms with Gasteiger partial charge in [0, 0.05) is 19.3 Å². The molecule has 0 heterocycles. The molecule has 0 N–H and O–H groups in total. The first-order valence-electron chi connectivity index (χ1n) is 34.3. The van der Waals surface area contributed by atoms with E-state index in [4.69, 9.17) is 14.2 Å². The van der Waals surface area contributed by atoms with Crippen LogP contribution >= 0.6 is 0 Å². The molecule has 0 saturated heterocycles. The van der Waals surface area contributed by atoms with Crippen molar-refractivity contribution in [1.29, 1.82) is 0 Å². The molecule has 0 aromatic carbocycles. The second-order valence-corrected chi connectivity index (χ2v) is 23.5. The minimum atomic E-state index is -0.771. The maximum Gasteiger partial charge on any atom is 0.306 e. The summed E-state index contributed by atoms with van der Waals surface area (Å²) in [6, 6.07) is 0. The van der Waals surface area contributed by atoms with E-state index in [1.54, 1.807) is 0 Å². The quantitative estimate of drug-likeness (QED) is 0.0261. The van der Waals surface area contributed by atoms with Gasteiger partial charge in [0.05, 0.1) is 0 Å². The maximum atomic E-state index is 12.9. The monoisotopic (exact) mass is 1070 g/mol. The van der Waals surface area contributed by atoms with Crippen LogP contribution in [0.1, 0.15) is 387 Å². The largest absolute Gasteiger partial charge is 0.462 e. The van der Waals surface area contributed by atoms with E-state index in [0.717, 1.165) is 70.6 Å². The Morgan fingerprint density at radius 1 is 0.263 bits per heavy atom. The van der Waals surface area contributed by atoms with E-state index in [1.165, 1.54) is 276 Å². The van der Waals surface area contributed by atoms with Gasteiger partial charge < -0.3 is 14.2 Å². The van der Waals surface area contributed by atoms with Crippen molar-refractivity contribution in [1.82, 2.24) is 0 Å². The Morgan fingerprint density at radius 3 is 0.750 bits per heavy atom. The van der Waals surface area contributed by atoms with Gasteiger partial charge in [-0.15, -0.1) is 0 Å². The summed E-state index contributed by atoms with van der Waals surface area (Å²) < 4.78 is 16.9. The second kappa shape index (κ2) is 65.4. The lowest BCUT2D eigenvalue weighted by Crippen LogP contribution is -2.30. The van der Waals surface area contributed by atoms with Crippen molar-refractivity contribution in [2.75, 3.05) is 13.2 Å². The molecule has 0 spiro atoms. The van der Waals surface area contributed by atoms with Crippen molar-refractivity contribution in [2.24, 2.45) is 0 Å². The van der Waals surface area contributed by atoms with E-state index < -0.39 is 6.10 Å². The van der Waals surface area contributed by atoms with Gasteiger partial charge in [-0.05, 0) is 51.4 Å². The molecule has 0 fully saturated rings. The van der Waals surface area contributed by atoms with Crippen LogP contribution < -0.4 is 0 Å². The SMILES string of the molecule is CCCCC/C=C\C/C=C\CCCCCCCCCC(=O)OC(COC(=O)CCCCCCCCCCCC)COC(=O)CCCCCCCCCCCCCCCCCCCCCCCCCCCCCCCCC. The Morgan fingerprint density at radius 2 is 0.474 bits per heavy atom. The Balaban J connectivity index is 4.06. The van der Waals surface area contributed by atoms with Crippen LogP contribution in [0.3, 0.4) is 0 Å². The minimum Gasteiger partial charge on any atom is -0.462 e. The van der Waals surface area contributed by atoms with Crippen molar-refractivity contribution in [3.8, 4) is 0 Å². The summed E-state index contributed by atoms with van der Waals surface area (Å²) in [5, 5.41) is 0. The number of esters is 3. The molecular formula is C70H132O6. The Kier molecular flexibility index (Phi) is 63.6. The zero-order valence-corrected chi connectivity index (χ0v) is 51.6. The van der Waals surface area contributed by atoms with Gasteiger partial charge in [-0.2, -0.15) is 0 Å². The highest BCUT2D eigenvalue weighted by Gasteiger charge is 2.19. The molecule has 6 heteroatoms. The van der Waals surface area contributed by atoms with Crippen LogP contribution in [0.2, 0.25) is 0 Å². The lowest BCUT2D eigenvalue weighted by atomic mass is 10.0. The minimum absolute atomic E-state index is 0.0688. The highest BCUT2D eigenvalue weighted by molar-refractivity contribution is 5.71. The smallest absolute Gasteiger partial charge is 0.306 e. The summed E-state index contributed by atoms with van der Waals surface area (Å²) in [6.07, 6.45) is 79.4. The zero-order chi connectivity index (χ0) is 55.0. The fourth-order valence-corrected chi connectivity index (χ4v) is 10.5. The molecule has 0 radical (unpaired) electrons. The first-order chi connectivity index (χ1) is 37.5. The molecule has 6 nitrogen and oxygen atoms in total. The Labute approximate surface area is 474 Å². The number of unbranched alkanes of at least 4 members (excludes halogenated alkanes) is 49. The van der Waals surface area contributed by atoms with E-state index in [0.29, 0.717) is 19.3 Å². The van der Waals surface area contributed by atoms with Gasteiger partial charge in [0.15, 0.2) is 6.10 Å². The van der Waals surface area contributed by atoms with Crippen molar-refractivity contribution < 1.29 is 28.6 Å². The summed E-state index contributed by atoms with van der Waals surface area (Å²) in [4.78, 5) is 38.2. The molecule has 1 atom stereocenters. The second-order valence-electron chi connectivity index (χ2n) is 23.5. The first kappa shape index (κ1) is 73.9. The normalized spacial score (nSPS) is 12.1. The van der Waals surface area contributed by atoms with Crippen molar-refractivity contribution in [2.45, 2.75) is 393 Å². The van der Waals surface area contributed by atoms with Crippen LogP contribution in [0.5, 0.6) is 0 Å². The summed E-state index contributed by atoms with van der Waals surface area (Å²) in [5.74, 6) is -0.852. The third-order valence-electron chi connectivity index (χ3n) is 15.7. The van der Waals surface area contributed by atoms with Gasteiger partial charge >= 0.3 is 17.9 Å². The predicted molar refractivity (Wildman–Crippen MR) is 330 cm³/mol. The summed E-state index contributed by atoms with van der Waals surface area (Å²) in [6.45, 7) is 6.66. The molecule has 0 saturated carbocycles. The van der Waals surface area contributed by atoms with Crippen molar-refractivity contribution in [3.63, 3.8) is 0 Å². The van der Waals surface area contributed by atoms with Crippen LogP contribution in [0.25, 0.3) is 0 Å². The van der Waals surface area contributed by atoms with Gasteiger partial charge in [0.25, 0.3) is 0 Å². The van der Waals surface area contributed by atoms with Crippen molar-refractivity contribution in [3.05, 3.63) is 24.3 Å². The Hall–Kier alpha value is -2.11. The van der Waals surface area contributed by atoms with E-state index in [2.05, 4.69) is 45.1 Å². The van der Waals surface area contributed by atoms with Crippen LogP contribution in [-0.4, -0.2) is 37.2 Å². The summed E-state index contributed by atoms with van der Waals surface area (Å²) in [5.41, 5.74) is 0. The first-order valence-corrected chi connectivity index (χ1v) is 34.3. The maximum absolute atomic E-state index is 12.9. The number of hydrogen-bond acceptors (Lipinski definition) is 6.